The van der Waals surface area contributed by atoms with Crippen LogP contribution in [0.1, 0.15) is 46.5 Å². The fourth-order valence-electron chi connectivity index (χ4n) is 2.24. The van der Waals surface area contributed by atoms with Crippen LogP contribution in [0.4, 0.5) is 4.79 Å². The second-order valence-electron chi connectivity index (χ2n) is 5.34. The van der Waals surface area contributed by atoms with E-state index in [9.17, 15) is 4.79 Å². The van der Waals surface area contributed by atoms with Gasteiger partial charge in [-0.15, -0.1) is 0 Å². The first kappa shape index (κ1) is 9.77. The van der Waals surface area contributed by atoms with Crippen LogP contribution in [-0.2, 0) is 0 Å². The van der Waals surface area contributed by atoms with Crippen molar-refractivity contribution in [1.82, 2.24) is 15.8 Å². The SMILES string of the molecule is CC(C)(C)N1NC2(CCCC2)NC1=O. The highest BCUT2D eigenvalue weighted by Gasteiger charge is 2.46. The van der Waals surface area contributed by atoms with Gasteiger partial charge in [0.05, 0.1) is 5.54 Å². The number of nitrogens with one attached hydrogen (secondary N) is 2. The third-order valence-electron chi connectivity index (χ3n) is 3.00. The van der Waals surface area contributed by atoms with Gasteiger partial charge in [-0.1, -0.05) is 0 Å². The van der Waals surface area contributed by atoms with Crippen LogP contribution in [0.25, 0.3) is 0 Å². The van der Waals surface area contributed by atoms with E-state index in [2.05, 4.69) is 10.7 Å². The predicted octanol–water partition coefficient (Wildman–Crippen LogP) is 1.58. The van der Waals surface area contributed by atoms with Crippen LogP contribution in [0.15, 0.2) is 0 Å². The Morgan fingerprint density at radius 2 is 1.86 bits per heavy atom. The first-order chi connectivity index (χ1) is 6.43. The van der Waals surface area contributed by atoms with Crippen LogP contribution in [0, 0.1) is 0 Å². The highest BCUT2D eigenvalue weighted by atomic mass is 16.2. The fraction of sp³-hybridized carbons (Fsp3) is 0.900. The van der Waals surface area contributed by atoms with E-state index in [-0.39, 0.29) is 17.2 Å². The van der Waals surface area contributed by atoms with Gasteiger partial charge in [-0.2, -0.15) is 0 Å². The third kappa shape index (κ3) is 1.47. The van der Waals surface area contributed by atoms with E-state index in [1.165, 1.54) is 12.8 Å². The summed E-state index contributed by atoms with van der Waals surface area (Å²) in [6, 6.07) is 0.0133. The van der Waals surface area contributed by atoms with E-state index in [1.54, 1.807) is 5.01 Å². The molecular weight excluding hydrogens is 178 g/mol. The molecule has 2 N–H and O–H groups in total. The summed E-state index contributed by atoms with van der Waals surface area (Å²) in [4.78, 5) is 11.7. The minimum Gasteiger partial charge on any atom is -0.317 e. The van der Waals surface area contributed by atoms with Gasteiger partial charge < -0.3 is 5.32 Å². The summed E-state index contributed by atoms with van der Waals surface area (Å²) in [6.45, 7) is 6.11. The van der Waals surface area contributed by atoms with Gasteiger partial charge in [0, 0.05) is 0 Å². The molecule has 1 aliphatic heterocycles. The quantitative estimate of drug-likeness (QED) is 0.619. The second-order valence-corrected chi connectivity index (χ2v) is 5.34. The number of urea groups is 1. The summed E-state index contributed by atoms with van der Waals surface area (Å²) in [6.07, 6.45) is 4.49. The molecule has 1 spiro atoms. The molecule has 1 heterocycles. The number of rotatable bonds is 0. The van der Waals surface area contributed by atoms with Gasteiger partial charge in [-0.05, 0) is 46.5 Å². The standard InChI is InChI=1S/C10H19N3O/c1-9(2,3)13-8(14)11-10(12-13)6-4-5-7-10/h12H,4-7H2,1-3H3,(H,11,14). The lowest BCUT2D eigenvalue weighted by molar-refractivity contribution is 0.106. The van der Waals surface area contributed by atoms with Gasteiger partial charge >= 0.3 is 6.03 Å². The number of amides is 2. The topological polar surface area (TPSA) is 44.4 Å². The van der Waals surface area contributed by atoms with Crippen LogP contribution >= 0.6 is 0 Å². The molecule has 0 atom stereocenters. The van der Waals surface area contributed by atoms with Gasteiger partial charge in [0.25, 0.3) is 0 Å². The normalized spacial score (nSPS) is 25.9. The van der Waals surface area contributed by atoms with Crippen molar-refractivity contribution < 1.29 is 4.79 Å². The van der Waals surface area contributed by atoms with Crippen LogP contribution in [-0.4, -0.2) is 22.2 Å². The molecule has 4 heteroatoms. The minimum atomic E-state index is -0.157. The summed E-state index contributed by atoms with van der Waals surface area (Å²) in [5, 5.41) is 4.78. The fourth-order valence-corrected chi connectivity index (χ4v) is 2.24. The number of hydrogen-bond acceptors (Lipinski definition) is 2. The second kappa shape index (κ2) is 2.86. The Morgan fingerprint density at radius 3 is 2.29 bits per heavy atom. The lowest BCUT2D eigenvalue weighted by Crippen LogP contribution is -2.53. The molecule has 0 bridgehead atoms. The van der Waals surface area contributed by atoms with E-state index in [4.69, 9.17) is 0 Å². The number of carbonyl (C=O) groups is 1. The monoisotopic (exact) mass is 197 g/mol. The van der Waals surface area contributed by atoms with E-state index in [0.29, 0.717) is 0 Å². The van der Waals surface area contributed by atoms with Crippen molar-refractivity contribution in [2.75, 3.05) is 0 Å². The highest BCUT2D eigenvalue weighted by Crippen LogP contribution is 2.32. The molecule has 4 nitrogen and oxygen atoms in total. The minimum absolute atomic E-state index is 0.0133. The largest absolute Gasteiger partial charge is 0.333 e. The number of hydrogen-bond donors (Lipinski definition) is 2. The Kier molecular flexibility index (Phi) is 2.00. The van der Waals surface area contributed by atoms with Crippen LogP contribution < -0.4 is 10.7 Å². The average molecular weight is 197 g/mol. The zero-order valence-electron chi connectivity index (χ0n) is 9.18. The molecule has 2 fully saturated rings. The van der Waals surface area contributed by atoms with Gasteiger partial charge in [-0.3, -0.25) is 5.01 Å². The van der Waals surface area contributed by atoms with Gasteiger partial charge in [0.2, 0.25) is 0 Å². The molecule has 2 amide bonds. The van der Waals surface area contributed by atoms with Crippen LogP contribution in [0.3, 0.4) is 0 Å². The van der Waals surface area contributed by atoms with Gasteiger partial charge in [-0.25, -0.2) is 10.2 Å². The third-order valence-corrected chi connectivity index (χ3v) is 3.00. The number of hydrazine groups is 1. The summed E-state index contributed by atoms with van der Waals surface area (Å²) < 4.78 is 0. The molecule has 0 unspecified atom stereocenters. The molecule has 1 saturated carbocycles. The molecule has 1 saturated heterocycles. The summed E-state index contributed by atoms with van der Waals surface area (Å²) >= 11 is 0. The molecule has 0 aromatic heterocycles. The van der Waals surface area contributed by atoms with Crippen molar-refractivity contribution >= 4 is 6.03 Å². The first-order valence-corrected chi connectivity index (χ1v) is 5.33. The Morgan fingerprint density at radius 1 is 1.29 bits per heavy atom. The molecule has 0 aromatic carbocycles. The smallest absolute Gasteiger partial charge is 0.317 e. The summed E-state index contributed by atoms with van der Waals surface area (Å²) in [7, 11) is 0. The van der Waals surface area contributed by atoms with E-state index >= 15 is 0 Å². The average Bonchev–Trinajstić information content (AvgIpc) is 2.59. The molecule has 80 valence electrons. The zero-order chi connectivity index (χ0) is 10.4. The maximum absolute atomic E-state index is 11.7. The lowest BCUT2D eigenvalue weighted by atomic mass is 10.1. The predicted molar refractivity (Wildman–Crippen MR) is 54.5 cm³/mol. The van der Waals surface area contributed by atoms with Crippen molar-refractivity contribution in [1.29, 1.82) is 0 Å². The van der Waals surface area contributed by atoms with Crippen molar-refractivity contribution in [3.8, 4) is 0 Å². The van der Waals surface area contributed by atoms with Gasteiger partial charge in [0.15, 0.2) is 0 Å². The van der Waals surface area contributed by atoms with Crippen LogP contribution in [0.5, 0.6) is 0 Å². The Labute approximate surface area is 85.0 Å². The van der Waals surface area contributed by atoms with Crippen molar-refractivity contribution in [3.63, 3.8) is 0 Å². The summed E-state index contributed by atoms with van der Waals surface area (Å²) in [5.41, 5.74) is 3.04. The Bertz CT molecular complexity index is 251. The highest BCUT2D eigenvalue weighted by molar-refractivity contribution is 5.77. The van der Waals surface area contributed by atoms with Crippen molar-refractivity contribution in [2.45, 2.75) is 57.7 Å². The number of nitrogens with zero attached hydrogens (tertiary/aromatic N) is 1. The molecule has 2 rings (SSSR count). The lowest BCUT2D eigenvalue weighted by Gasteiger charge is -2.32. The molecule has 0 aromatic rings. The molecular formula is C10H19N3O. The first-order valence-electron chi connectivity index (χ1n) is 5.33. The van der Waals surface area contributed by atoms with Gasteiger partial charge in [0.1, 0.15) is 5.66 Å². The molecule has 2 aliphatic rings. The molecule has 0 radical (unpaired) electrons. The van der Waals surface area contributed by atoms with E-state index < -0.39 is 0 Å². The zero-order valence-corrected chi connectivity index (χ0v) is 9.18. The van der Waals surface area contributed by atoms with Crippen LogP contribution in [0.2, 0.25) is 0 Å². The Hall–Kier alpha value is -0.770. The maximum Gasteiger partial charge on any atom is 0.333 e. The molecule has 14 heavy (non-hydrogen) atoms. The van der Waals surface area contributed by atoms with E-state index in [0.717, 1.165) is 12.8 Å². The van der Waals surface area contributed by atoms with E-state index in [1.807, 2.05) is 20.8 Å². The number of carbonyl (C=O) groups excluding carboxylic acids is 1. The van der Waals surface area contributed by atoms with Crippen molar-refractivity contribution in [2.24, 2.45) is 0 Å². The maximum atomic E-state index is 11.7. The molecule has 1 aliphatic carbocycles. The Balaban J connectivity index is 2.14. The van der Waals surface area contributed by atoms with Crippen molar-refractivity contribution in [3.05, 3.63) is 0 Å². The summed E-state index contributed by atoms with van der Waals surface area (Å²) in [5.74, 6) is 0.